The number of hydrogen-bond donors (Lipinski definition) is 1. The van der Waals surface area contributed by atoms with Gasteiger partial charge in [-0.2, -0.15) is 5.26 Å². The summed E-state index contributed by atoms with van der Waals surface area (Å²) in [5.74, 6) is -1.36. The standard InChI is InChI=1S/C19H22BrN3O4/c1-11(2)16(18(25)23-8-4-5-15(23)19(26)27-3)22-17(24)12-6-7-14(20)13(9-12)10-21/h6-7,9,11,15-16H,4-5,8H2,1-3H3,(H,22,24)/t15-,16-/m0/s1. The summed E-state index contributed by atoms with van der Waals surface area (Å²) in [5.41, 5.74) is 0.625. The lowest BCUT2D eigenvalue weighted by Gasteiger charge is -2.30. The summed E-state index contributed by atoms with van der Waals surface area (Å²) in [6.45, 7) is 4.11. The van der Waals surface area contributed by atoms with Gasteiger partial charge in [0.15, 0.2) is 0 Å². The highest BCUT2D eigenvalue weighted by molar-refractivity contribution is 9.10. The summed E-state index contributed by atoms with van der Waals surface area (Å²) in [4.78, 5) is 39.1. The van der Waals surface area contributed by atoms with Crippen LogP contribution in [-0.2, 0) is 14.3 Å². The van der Waals surface area contributed by atoms with Crippen molar-refractivity contribution in [2.75, 3.05) is 13.7 Å². The van der Waals surface area contributed by atoms with E-state index in [4.69, 9.17) is 10.00 Å². The van der Waals surface area contributed by atoms with Crippen molar-refractivity contribution in [1.29, 1.82) is 5.26 Å². The zero-order valence-electron chi connectivity index (χ0n) is 15.5. The van der Waals surface area contributed by atoms with Gasteiger partial charge in [-0.25, -0.2) is 4.79 Å². The number of esters is 1. The topological polar surface area (TPSA) is 99.5 Å². The highest BCUT2D eigenvalue weighted by Gasteiger charge is 2.39. The number of benzene rings is 1. The Morgan fingerprint density at radius 1 is 1.37 bits per heavy atom. The minimum atomic E-state index is -0.781. The Bertz CT molecular complexity index is 788. The van der Waals surface area contributed by atoms with Crippen molar-refractivity contribution in [3.63, 3.8) is 0 Å². The minimum absolute atomic E-state index is 0.175. The number of halogens is 1. The predicted molar refractivity (Wildman–Crippen MR) is 102 cm³/mol. The summed E-state index contributed by atoms with van der Waals surface area (Å²) >= 11 is 3.25. The summed E-state index contributed by atoms with van der Waals surface area (Å²) in [5, 5.41) is 11.9. The first-order valence-corrected chi connectivity index (χ1v) is 9.48. The van der Waals surface area contributed by atoms with E-state index in [1.54, 1.807) is 12.1 Å². The van der Waals surface area contributed by atoms with Gasteiger partial charge in [-0.15, -0.1) is 0 Å². The molecule has 0 aromatic heterocycles. The van der Waals surface area contributed by atoms with Crippen LogP contribution in [0.2, 0.25) is 0 Å². The molecule has 2 rings (SSSR count). The van der Waals surface area contributed by atoms with Crippen LogP contribution in [0.15, 0.2) is 22.7 Å². The molecule has 0 bridgehead atoms. The fraction of sp³-hybridized carbons (Fsp3) is 0.474. The molecule has 1 N–H and O–H groups in total. The quantitative estimate of drug-likeness (QED) is 0.714. The molecule has 2 amide bonds. The van der Waals surface area contributed by atoms with E-state index in [9.17, 15) is 14.4 Å². The average molecular weight is 436 g/mol. The predicted octanol–water partition coefficient (Wildman–Crippen LogP) is 2.24. The van der Waals surface area contributed by atoms with Crippen molar-refractivity contribution < 1.29 is 19.1 Å². The SMILES string of the molecule is COC(=O)[C@@H]1CCCN1C(=O)[C@@H](NC(=O)c1ccc(Br)c(C#N)c1)C(C)C. The van der Waals surface area contributed by atoms with Crippen LogP contribution < -0.4 is 5.32 Å². The first-order valence-electron chi connectivity index (χ1n) is 8.69. The van der Waals surface area contributed by atoms with Gasteiger partial charge in [-0.05, 0) is 52.9 Å². The Kier molecular flexibility index (Phi) is 6.97. The van der Waals surface area contributed by atoms with Crippen molar-refractivity contribution >= 4 is 33.7 Å². The smallest absolute Gasteiger partial charge is 0.328 e. The van der Waals surface area contributed by atoms with Crippen molar-refractivity contribution in [3.05, 3.63) is 33.8 Å². The third kappa shape index (κ3) is 4.66. The number of methoxy groups -OCH3 is 1. The molecule has 2 atom stereocenters. The Morgan fingerprint density at radius 2 is 2.07 bits per heavy atom. The van der Waals surface area contributed by atoms with Crippen molar-refractivity contribution in [1.82, 2.24) is 10.2 Å². The maximum absolute atomic E-state index is 13.0. The lowest BCUT2D eigenvalue weighted by Crippen LogP contribution is -2.53. The van der Waals surface area contributed by atoms with Gasteiger partial charge >= 0.3 is 5.97 Å². The molecule has 1 heterocycles. The van der Waals surface area contributed by atoms with E-state index in [0.29, 0.717) is 35.0 Å². The third-order valence-corrected chi connectivity index (χ3v) is 5.27. The lowest BCUT2D eigenvalue weighted by molar-refractivity contribution is -0.151. The number of likely N-dealkylation sites (tertiary alicyclic amines) is 1. The zero-order chi connectivity index (χ0) is 20.1. The largest absolute Gasteiger partial charge is 0.467 e. The number of hydrogen-bond acceptors (Lipinski definition) is 5. The van der Waals surface area contributed by atoms with E-state index in [2.05, 4.69) is 21.2 Å². The molecule has 1 aliphatic rings. The van der Waals surface area contributed by atoms with Crippen LogP contribution in [0, 0.1) is 17.2 Å². The maximum atomic E-state index is 13.0. The Labute approximate surface area is 166 Å². The van der Waals surface area contributed by atoms with E-state index >= 15 is 0 Å². The van der Waals surface area contributed by atoms with Crippen molar-refractivity contribution in [2.24, 2.45) is 5.92 Å². The number of carbonyl (C=O) groups excluding carboxylic acids is 3. The molecule has 0 saturated carbocycles. The van der Waals surface area contributed by atoms with Gasteiger partial charge in [0.1, 0.15) is 18.2 Å². The summed E-state index contributed by atoms with van der Waals surface area (Å²) < 4.78 is 5.38. The first-order chi connectivity index (χ1) is 12.8. The molecular weight excluding hydrogens is 414 g/mol. The van der Waals surface area contributed by atoms with Gasteiger partial charge in [-0.3, -0.25) is 9.59 Å². The van der Waals surface area contributed by atoms with Crippen LogP contribution >= 0.6 is 15.9 Å². The molecule has 144 valence electrons. The Morgan fingerprint density at radius 3 is 2.67 bits per heavy atom. The monoisotopic (exact) mass is 435 g/mol. The lowest BCUT2D eigenvalue weighted by atomic mass is 10.0. The first kappa shape index (κ1) is 20.9. The fourth-order valence-electron chi connectivity index (χ4n) is 3.08. The number of nitrogens with one attached hydrogen (secondary N) is 1. The average Bonchev–Trinajstić information content (AvgIpc) is 3.14. The molecule has 1 aromatic carbocycles. The molecule has 1 aliphatic heterocycles. The maximum Gasteiger partial charge on any atom is 0.328 e. The molecular formula is C19H22BrN3O4. The number of carbonyl (C=O) groups is 3. The van der Waals surface area contributed by atoms with Crippen molar-refractivity contribution in [3.8, 4) is 6.07 Å². The van der Waals surface area contributed by atoms with Crippen LogP contribution in [0.4, 0.5) is 0 Å². The second-order valence-electron chi connectivity index (χ2n) is 6.71. The number of ether oxygens (including phenoxy) is 1. The number of amides is 2. The Balaban J connectivity index is 2.20. The number of nitrogens with zero attached hydrogens (tertiary/aromatic N) is 2. The zero-order valence-corrected chi connectivity index (χ0v) is 17.1. The molecule has 27 heavy (non-hydrogen) atoms. The Hall–Kier alpha value is -2.40. The summed E-state index contributed by atoms with van der Waals surface area (Å²) in [6, 6.07) is 5.28. The van der Waals surface area contributed by atoms with Crippen LogP contribution in [-0.4, -0.2) is 48.4 Å². The molecule has 1 saturated heterocycles. The van der Waals surface area contributed by atoms with Gasteiger partial charge in [0, 0.05) is 16.6 Å². The molecule has 7 nitrogen and oxygen atoms in total. The molecule has 1 fully saturated rings. The van der Waals surface area contributed by atoms with E-state index in [1.807, 2.05) is 19.9 Å². The second-order valence-corrected chi connectivity index (χ2v) is 7.57. The van der Waals surface area contributed by atoms with E-state index < -0.39 is 24.0 Å². The number of rotatable bonds is 5. The fourth-order valence-corrected chi connectivity index (χ4v) is 3.42. The highest BCUT2D eigenvalue weighted by atomic mass is 79.9. The van der Waals surface area contributed by atoms with E-state index in [1.165, 1.54) is 18.1 Å². The van der Waals surface area contributed by atoms with Gasteiger partial charge in [-0.1, -0.05) is 13.8 Å². The summed E-state index contributed by atoms with van der Waals surface area (Å²) in [7, 11) is 1.30. The molecule has 0 aliphatic carbocycles. The highest BCUT2D eigenvalue weighted by Crippen LogP contribution is 2.22. The molecule has 8 heteroatoms. The minimum Gasteiger partial charge on any atom is -0.467 e. The summed E-state index contributed by atoms with van der Waals surface area (Å²) in [6.07, 6.45) is 1.26. The van der Waals surface area contributed by atoms with Gasteiger partial charge < -0.3 is 15.0 Å². The molecule has 0 unspecified atom stereocenters. The van der Waals surface area contributed by atoms with Gasteiger partial charge in [0.2, 0.25) is 5.91 Å². The molecule has 1 aromatic rings. The van der Waals surface area contributed by atoms with E-state index in [-0.39, 0.29) is 11.8 Å². The van der Waals surface area contributed by atoms with Crippen LogP contribution in [0.5, 0.6) is 0 Å². The van der Waals surface area contributed by atoms with Gasteiger partial charge in [0.05, 0.1) is 12.7 Å². The van der Waals surface area contributed by atoms with Crippen molar-refractivity contribution in [2.45, 2.75) is 38.8 Å². The molecule has 0 spiro atoms. The van der Waals surface area contributed by atoms with Crippen LogP contribution in [0.1, 0.15) is 42.6 Å². The second kappa shape index (κ2) is 9.00. The third-order valence-electron chi connectivity index (χ3n) is 4.58. The normalized spacial score (nSPS) is 17.3. The van der Waals surface area contributed by atoms with E-state index in [0.717, 1.165) is 0 Å². The van der Waals surface area contributed by atoms with Crippen LogP contribution in [0.25, 0.3) is 0 Å². The number of nitriles is 1. The van der Waals surface area contributed by atoms with Gasteiger partial charge in [0.25, 0.3) is 5.91 Å². The van der Waals surface area contributed by atoms with Crippen LogP contribution in [0.3, 0.4) is 0 Å². The molecule has 0 radical (unpaired) electrons.